The van der Waals surface area contributed by atoms with Gasteiger partial charge in [0.25, 0.3) is 0 Å². The number of ether oxygens (including phenoxy) is 1. The maximum atomic E-state index is 8.26. The summed E-state index contributed by atoms with van der Waals surface area (Å²) in [5, 5.41) is 8.26. The second-order valence-corrected chi connectivity index (χ2v) is 2.07. The summed E-state index contributed by atoms with van der Waals surface area (Å²) in [6.07, 6.45) is 3.00. The van der Waals surface area contributed by atoms with Crippen LogP contribution < -0.4 is 4.74 Å². The molecular formula is C9H8N2O. The molecule has 60 valence electrons. The van der Waals surface area contributed by atoms with E-state index in [1.54, 1.807) is 25.3 Å². The van der Waals surface area contributed by atoms with Crippen molar-refractivity contribution in [1.29, 1.82) is 5.26 Å². The summed E-state index contributed by atoms with van der Waals surface area (Å²) >= 11 is 0. The van der Waals surface area contributed by atoms with Gasteiger partial charge in [-0.05, 0) is 12.1 Å². The zero-order valence-electron chi connectivity index (χ0n) is 6.69. The Morgan fingerprint density at radius 1 is 1.58 bits per heavy atom. The van der Waals surface area contributed by atoms with E-state index in [0.717, 1.165) is 5.69 Å². The molecule has 0 saturated carbocycles. The minimum absolute atomic E-state index is 0.551. The van der Waals surface area contributed by atoms with E-state index < -0.39 is 0 Å². The van der Waals surface area contributed by atoms with Gasteiger partial charge in [-0.15, -0.1) is 0 Å². The molecule has 3 heteroatoms. The van der Waals surface area contributed by atoms with Gasteiger partial charge in [-0.3, -0.25) is 0 Å². The van der Waals surface area contributed by atoms with Crippen molar-refractivity contribution in [1.82, 2.24) is 4.98 Å². The first-order valence-electron chi connectivity index (χ1n) is 3.44. The largest absolute Gasteiger partial charge is 0.481 e. The quantitative estimate of drug-likeness (QED) is 0.617. The molecule has 0 spiro atoms. The zero-order valence-corrected chi connectivity index (χ0v) is 6.69. The van der Waals surface area contributed by atoms with Crippen LogP contribution in [0.25, 0.3) is 6.08 Å². The van der Waals surface area contributed by atoms with Crippen molar-refractivity contribution in [2.45, 2.75) is 0 Å². The molecule has 0 radical (unpaired) electrons. The lowest BCUT2D eigenvalue weighted by Gasteiger charge is -1.97. The highest BCUT2D eigenvalue weighted by molar-refractivity contribution is 5.48. The molecule has 1 aromatic rings. The summed E-state index contributed by atoms with van der Waals surface area (Å²) in [7, 11) is 1.56. The van der Waals surface area contributed by atoms with Crippen molar-refractivity contribution in [3.8, 4) is 11.9 Å². The Hall–Kier alpha value is -1.82. The van der Waals surface area contributed by atoms with Crippen molar-refractivity contribution in [3.63, 3.8) is 0 Å². The molecule has 0 aliphatic heterocycles. The van der Waals surface area contributed by atoms with Gasteiger partial charge in [0.15, 0.2) is 0 Å². The highest BCUT2D eigenvalue weighted by Crippen LogP contribution is 2.07. The van der Waals surface area contributed by atoms with Gasteiger partial charge in [0.05, 0.1) is 18.9 Å². The molecule has 12 heavy (non-hydrogen) atoms. The first-order chi connectivity index (χ1) is 5.86. The SMILES string of the molecule is COc1cccc(/C=C/C#N)n1. The Kier molecular flexibility index (Phi) is 2.86. The zero-order chi connectivity index (χ0) is 8.81. The molecule has 0 fully saturated rings. The van der Waals surface area contributed by atoms with E-state index >= 15 is 0 Å². The van der Waals surface area contributed by atoms with Crippen LogP contribution in [0.4, 0.5) is 0 Å². The van der Waals surface area contributed by atoms with Crippen LogP contribution in [0, 0.1) is 11.3 Å². The van der Waals surface area contributed by atoms with Crippen LogP contribution >= 0.6 is 0 Å². The van der Waals surface area contributed by atoms with Gasteiger partial charge in [-0.1, -0.05) is 6.07 Å². The molecule has 1 heterocycles. The number of aromatic nitrogens is 1. The molecule has 0 aromatic carbocycles. The summed E-state index contributed by atoms with van der Waals surface area (Å²) < 4.78 is 4.91. The van der Waals surface area contributed by atoms with E-state index in [-0.39, 0.29) is 0 Å². The van der Waals surface area contributed by atoms with Crippen molar-refractivity contribution >= 4 is 6.08 Å². The van der Waals surface area contributed by atoms with Crippen LogP contribution in [-0.2, 0) is 0 Å². The standard InChI is InChI=1S/C9H8N2O/c1-12-9-6-2-4-8(11-9)5-3-7-10/h2-6H,1H3/b5-3+. The van der Waals surface area contributed by atoms with Crippen LogP contribution in [0.1, 0.15) is 5.69 Å². The van der Waals surface area contributed by atoms with Crippen molar-refractivity contribution < 1.29 is 4.74 Å². The molecule has 0 atom stereocenters. The third kappa shape index (κ3) is 2.10. The van der Waals surface area contributed by atoms with E-state index in [2.05, 4.69) is 4.98 Å². The summed E-state index contributed by atoms with van der Waals surface area (Å²) in [6, 6.07) is 7.27. The summed E-state index contributed by atoms with van der Waals surface area (Å²) in [4.78, 5) is 4.07. The van der Waals surface area contributed by atoms with Crippen molar-refractivity contribution in [2.75, 3.05) is 7.11 Å². The number of hydrogen-bond acceptors (Lipinski definition) is 3. The number of nitriles is 1. The van der Waals surface area contributed by atoms with Crippen LogP contribution in [0.2, 0.25) is 0 Å². The van der Waals surface area contributed by atoms with Gasteiger partial charge in [0.1, 0.15) is 0 Å². The lowest BCUT2D eigenvalue weighted by atomic mass is 10.3. The Labute approximate surface area is 70.9 Å². The number of pyridine rings is 1. The Bertz CT molecular complexity index is 326. The lowest BCUT2D eigenvalue weighted by Crippen LogP contribution is -1.87. The number of nitrogens with zero attached hydrogens (tertiary/aromatic N) is 2. The fraction of sp³-hybridized carbons (Fsp3) is 0.111. The molecule has 1 aromatic heterocycles. The topological polar surface area (TPSA) is 45.9 Å². The fourth-order valence-electron chi connectivity index (χ4n) is 0.760. The monoisotopic (exact) mass is 160 g/mol. The Balaban J connectivity index is 2.88. The summed E-state index contributed by atoms with van der Waals surface area (Å²) in [6.45, 7) is 0. The van der Waals surface area contributed by atoms with Crippen LogP contribution in [0.5, 0.6) is 5.88 Å². The van der Waals surface area contributed by atoms with Crippen LogP contribution in [0.3, 0.4) is 0 Å². The van der Waals surface area contributed by atoms with Gasteiger partial charge < -0.3 is 4.74 Å². The Morgan fingerprint density at radius 3 is 3.08 bits per heavy atom. The molecule has 0 unspecified atom stereocenters. The molecule has 0 aliphatic carbocycles. The fourth-order valence-corrected chi connectivity index (χ4v) is 0.760. The van der Waals surface area contributed by atoms with E-state index in [4.69, 9.17) is 10.00 Å². The Morgan fingerprint density at radius 2 is 2.42 bits per heavy atom. The second-order valence-electron chi connectivity index (χ2n) is 2.07. The number of allylic oxidation sites excluding steroid dienone is 1. The highest BCUT2D eigenvalue weighted by atomic mass is 16.5. The van der Waals surface area contributed by atoms with Crippen molar-refractivity contribution in [2.24, 2.45) is 0 Å². The highest BCUT2D eigenvalue weighted by Gasteiger charge is 1.91. The smallest absolute Gasteiger partial charge is 0.213 e. The molecule has 0 bridgehead atoms. The van der Waals surface area contributed by atoms with E-state index in [1.165, 1.54) is 6.08 Å². The van der Waals surface area contributed by atoms with Gasteiger partial charge in [-0.25, -0.2) is 4.98 Å². The maximum absolute atomic E-state index is 8.26. The summed E-state index contributed by atoms with van der Waals surface area (Å²) in [5.41, 5.74) is 0.718. The molecule has 0 amide bonds. The molecule has 0 saturated heterocycles. The third-order valence-electron chi connectivity index (χ3n) is 1.28. The molecule has 0 N–H and O–H groups in total. The van der Waals surface area contributed by atoms with Crippen LogP contribution in [0.15, 0.2) is 24.3 Å². The average molecular weight is 160 g/mol. The van der Waals surface area contributed by atoms with E-state index in [0.29, 0.717) is 5.88 Å². The molecule has 1 rings (SSSR count). The van der Waals surface area contributed by atoms with Crippen molar-refractivity contribution in [3.05, 3.63) is 30.0 Å². The van der Waals surface area contributed by atoms with E-state index in [1.807, 2.05) is 12.1 Å². The minimum Gasteiger partial charge on any atom is -0.481 e. The predicted molar refractivity (Wildman–Crippen MR) is 45.4 cm³/mol. The number of hydrogen-bond donors (Lipinski definition) is 0. The molecular weight excluding hydrogens is 152 g/mol. The number of rotatable bonds is 2. The van der Waals surface area contributed by atoms with Gasteiger partial charge in [0.2, 0.25) is 5.88 Å². The minimum atomic E-state index is 0.551. The van der Waals surface area contributed by atoms with E-state index in [9.17, 15) is 0 Å². The van der Waals surface area contributed by atoms with Gasteiger partial charge in [0, 0.05) is 12.1 Å². The second kappa shape index (κ2) is 4.14. The van der Waals surface area contributed by atoms with Gasteiger partial charge in [-0.2, -0.15) is 5.26 Å². The first-order valence-corrected chi connectivity index (χ1v) is 3.44. The lowest BCUT2D eigenvalue weighted by molar-refractivity contribution is 0.397. The number of methoxy groups -OCH3 is 1. The maximum Gasteiger partial charge on any atom is 0.213 e. The summed E-state index contributed by atoms with van der Waals surface area (Å²) in [5.74, 6) is 0.551. The third-order valence-corrected chi connectivity index (χ3v) is 1.28. The normalized spacial score (nSPS) is 9.67. The van der Waals surface area contributed by atoms with Gasteiger partial charge >= 0.3 is 0 Å². The molecule has 3 nitrogen and oxygen atoms in total. The predicted octanol–water partition coefficient (Wildman–Crippen LogP) is 1.63. The average Bonchev–Trinajstić information content (AvgIpc) is 2.15. The van der Waals surface area contributed by atoms with Crippen LogP contribution in [-0.4, -0.2) is 12.1 Å². The first kappa shape index (κ1) is 8.28. The molecule has 0 aliphatic rings.